The van der Waals surface area contributed by atoms with Gasteiger partial charge in [-0.3, -0.25) is 0 Å². The maximum absolute atomic E-state index is 9.32. The van der Waals surface area contributed by atoms with Gasteiger partial charge < -0.3 is 9.84 Å². The summed E-state index contributed by atoms with van der Waals surface area (Å²) < 4.78 is 4.96. The zero-order valence-electron chi connectivity index (χ0n) is 7.95. The molecule has 3 heteroatoms. The number of thiol groups is 1. The van der Waals surface area contributed by atoms with Gasteiger partial charge in [-0.1, -0.05) is 11.8 Å². The second-order valence-electron chi connectivity index (χ2n) is 2.66. The number of phenolic OH excluding ortho intramolecular Hbond substituents is 1. The minimum Gasteiger partial charge on any atom is -0.504 e. The highest BCUT2D eigenvalue weighted by molar-refractivity contribution is 7.80. The lowest BCUT2D eigenvalue weighted by Gasteiger charge is -2.02. The monoisotopic (exact) mass is 208 g/mol. The fraction of sp³-hybridized carbons (Fsp3) is 0.273. The SMILES string of the molecule is COc1cc(C#CCCS)ccc1O. The summed E-state index contributed by atoms with van der Waals surface area (Å²) >= 11 is 4.05. The van der Waals surface area contributed by atoms with Gasteiger partial charge in [-0.05, 0) is 18.2 Å². The summed E-state index contributed by atoms with van der Waals surface area (Å²) in [5, 5.41) is 9.32. The Morgan fingerprint density at radius 3 is 2.93 bits per heavy atom. The summed E-state index contributed by atoms with van der Waals surface area (Å²) in [7, 11) is 1.51. The molecule has 0 fully saturated rings. The van der Waals surface area contributed by atoms with Crippen molar-refractivity contribution in [3.63, 3.8) is 0 Å². The molecule has 0 spiro atoms. The molecule has 1 aromatic carbocycles. The minimum absolute atomic E-state index is 0.132. The third kappa shape index (κ3) is 2.90. The first-order valence-corrected chi connectivity index (χ1v) is 4.88. The van der Waals surface area contributed by atoms with Gasteiger partial charge in [-0.15, -0.1) is 0 Å². The van der Waals surface area contributed by atoms with Crippen LogP contribution in [0.15, 0.2) is 18.2 Å². The number of methoxy groups -OCH3 is 1. The predicted molar refractivity (Wildman–Crippen MR) is 60.0 cm³/mol. The normalized spacial score (nSPS) is 9.00. The zero-order chi connectivity index (χ0) is 10.4. The van der Waals surface area contributed by atoms with Crippen molar-refractivity contribution in [3.05, 3.63) is 23.8 Å². The molecule has 74 valence electrons. The van der Waals surface area contributed by atoms with Crippen LogP contribution in [0.25, 0.3) is 0 Å². The number of benzene rings is 1. The highest BCUT2D eigenvalue weighted by Crippen LogP contribution is 2.25. The molecule has 1 aromatic rings. The van der Waals surface area contributed by atoms with Gasteiger partial charge in [-0.2, -0.15) is 12.6 Å². The quantitative estimate of drug-likeness (QED) is 0.575. The first-order chi connectivity index (χ1) is 6.77. The number of aromatic hydroxyl groups is 1. The van der Waals surface area contributed by atoms with Gasteiger partial charge in [0.1, 0.15) is 0 Å². The Morgan fingerprint density at radius 1 is 1.50 bits per heavy atom. The summed E-state index contributed by atoms with van der Waals surface area (Å²) in [6.07, 6.45) is 0.756. The van der Waals surface area contributed by atoms with Crippen LogP contribution in [-0.4, -0.2) is 18.0 Å². The van der Waals surface area contributed by atoms with E-state index < -0.39 is 0 Å². The van der Waals surface area contributed by atoms with Crippen LogP contribution < -0.4 is 4.74 Å². The van der Waals surface area contributed by atoms with Crippen molar-refractivity contribution in [2.45, 2.75) is 6.42 Å². The maximum atomic E-state index is 9.32. The van der Waals surface area contributed by atoms with Gasteiger partial charge in [0.2, 0.25) is 0 Å². The van der Waals surface area contributed by atoms with E-state index in [-0.39, 0.29) is 5.75 Å². The lowest BCUT2D eigenvalue weighted by Crippen LogP contribution is -1.84. The molecule has 0 radical (unpaired) electrons. The van der Waals surface area contributed by atoms with Crippen LogP contribution in [0.1, 0.15) is 12.0 Å². The molecule has 0 aliphatic rings. The van der Waals surface area contributed by atoms with E-state index in [0.717, 1.165) is 17.7 Å². The molecule has 0 aliphatic carbocycles. The summed E-state index contributed by atoms with van der Waals surface area (Å²) in [6.45, 7) is 0. The first kappa shape index (κ1) is 10.8. The number of hydrogen-bond acceptors (Lipinski definition) is 3. The zero-order valence-corrected chi connectivity index (χ0v) is 8.84. The standard InChI is InChI=1S/C11H12O2S/c1-13-11-8-9(4-2-3-7-14)5-6-10(11)12/h5-6,8,12,14H,3,7H2,1H3. The fourth-order valence-corrected chi connectivity index (χ4v) is 1.09. The van der Waals surface area contributed by atoms with E-state index in [2.05, 4.69) is 24.5 Å². The van der Waals surface area contributed by atoms with Crippen molar-refractivity contribution in [1.82, 2.24) is 0 Å². The molecule has 0 unspecified atom stereocenters. The van der Waals surface area contributed by atoms with Crippen LogP contribution in [0.3, 0.4) is 0 Å². The third-order valence-electron chi connectivity index (χ3n) is 1.65. The average Bonchev–Trinajstić information content (AvgIpc) is 2.21. The van der Waals surface area contributed by atoms with Crippen LogP contribution in [0.4, 0.5) is 0 Å². The molecule has 0 bridgehead atoms. The second-order valence-corrected chi connectivity index (χ2v) is 3.11. The number of phenols is 1. The molecule has 0 heterocycles. The largest absolute Gasteiger partial charge is 0.504 e. The maximum Gasteiger partial charge on any atom is 0.161 e. The smallest absolute Gasteiger partial charge is 0.161 e. The second kappa shape index (κ2) is 5.46. The van der Waals surface area contributed by atoms with Crippen molar-refractivity contribution in [2.24, 2.45) is 0 Å². The summed E-state index contributed by atoms with van der Waals surface area (Å²) in [5.74, 6) is 7.25. The van der Waals surface area contributed by atoms with E-state index in [1.165, 1.54) is 7.11 Å². The fourth-order valence-electron chi connectivity index (χ4n) is 0.976. The molecule has 0 aromatic heterocycles. The molecule has 0 saturated heterocycles. The molecule has 0 aliphatic heterocycles. The topological polar surface area (TPSA) is 29.5 Å². The summed E-state index contributed by atoms with van der Waals surface area (Å²) in [5.41, 5.74) is 0.835. The lowest BCUT2D eigenvalue weighted by atomic mass is 10.2. The van der Waals surface area contributed by atoms with Crippen molar-refractivity contribution in [3.8, 4) is 23.3 Å². The van der Waals surface area contributed by atoms with Crippen molar-refractivity contribution in [1.29, 1.82) is 0 Å². The van der Waals surface area contributed by atoms with Crippen LogP contribution in [0.5, 0.6) is 11.5 Å². The Bertz CT molecular complexity index is 363. The van der Waals surface area contributed by atoms with E-state index in [1.807, 2.05) is 0 Å². The van der Waals surface area contributed by atoms with Crippen molar-refractivity contribution in [2.75, 3.05) is 12.9 Å². The Morgan fingerprint density at radius 2 is 2.29 bits per heavy atom. The van der Waals surface area contributed by atoms with Crippen molar-refractivity contribution >= 4 is 12.6 Å². The van der Waals surface area contributed by atoms with Gasteiger partial charge in [0, 0.05) is 17.7 Å². The Labute approximate surface area is 89.3 Å². The van der Waals surface area contributed by atoms with E-state index in [0.29, 0.717) is 5.75 Å². The lowest BCUT2D eigenvalue weighted by molar-refractivity contribution is 0.373. The molecular weight excluding hydrogens is 196 g/mol. The summed E-state index contributed by atoms with van der Waals surface area (Å²) in [4.78, 5) is 0. The molecule has 0 amide bonds. The molecule has 0 saturated carbocycles. The minimum atomic E-state index is 0.132. The Hall–Kier alpha value is -1.27. The highest BCUT2D eigenvalue weighted by atomic mass is 32.1. The summed E-state index contributed by atoms with van der Waals surface area (Å²) in [6, 6.07) is 5.04. The van der Waals surface area contributed by atoms with Gasteiger partial charge in [0.05, 0.1) is 7.11 Å². The van der Waals surface area contributed by atoms with Gasteiger partial charge in [0.25, 0.3) is 0 Å². The van der Waals surface area contributed by atoms with E-state index >= 15 is 0 Å². The Balaban J connectivity index is 2.86. The van der Waals surface area contributed by atoms with Crippen LogP contribution in [-0.2, 0) is 0 Å². The number of ether oxygens (including phenoxy) is 1. The first-order valence-electron chi connectivity index (χ1n) is 4.24. The van der Waals surface area contributed by atoms with Crippen LogP contribution >= 0.6 is 12.6 Å². The van der Waals surface area contributed by atoms with E-state index in [9.17, 15) is 5.11 Å². The molecule has 1 rings (SSSR count). The van der Waals surface area contributed by atoms with Crippen LogP contribution in [0, 0.1) is 11.8 Å². The number of rotatable bonds is 2. The molecular formula is C11H12O2S. The van der Waals surface area contributed by atoms with Gasteiger partial charge >= 0.3 is 0 Å². The van der Waals surface area contributed by atoms with E-state index in [1.54, 1.807) is 18.2 Å². The molecule has 0 atom stereocenters. The third-order valence-corrected chi connectivity index (χ3v) is 1.87. The Kier molecular flexibility index (Phi) is 4.21. The van der Waals surface area contributed by atoms with Crippen molar-refractivity contribution < 1.29 is 9.84 Å². The highest BCUT2D eigenvalue weighted by Gasteiger charge is 1.99. The number of hydrogen-bond donors (Lipinski definition) is 2. The average molecular weight is 208 g/mol. The molecule has 2 nitrogen and oxygen atoms in total. The predicted octanol–water partition coefficient (Wildman–Crippen LogP) is 2.07. The van der Waals surface area contributed by atoms with E-state index in [4.69, 9.17) is 4.74 Å². The van der Waals surface area contributed by atoms with Gasteiger partial charge in [0.15, 0.2) is 11.5 Å². The van der Waals surface area contributed by atoms with Gasteiger partial charge in [-0.25, -0.2) is 0 Å². The van der Waals surface area contributed by atoms with Crippen LogP contribution in [0.2, 0.25) is 0 Å². The molecule has 1 N–H and O–H groups in total. The molecule has 14 heavy (non-hydrogen) atoms.